The number of alkyl halides is 3. The number of aromatic nitrogens is 2. The molecular weight excluding hydrogens is 583 g/mol. The molecule has 2 atom stereocenters. The molecule has 0 N–H and O–H groups in total. The molecule has 0 bridgehead atoms. The van der Waals surface area contributed by atoms with Crippen molar-refractivity contribution in [3.63, 3.8) is 0 Å². The first-order valence-electron chi connectivity index (χ1n) is 15.3. The van der Waals surface area contributed by atoms with Crippen molar-refractivity contribution < 1.29 is 22.7 Å². The number of amides is 1. The number of benzene rings is 2. The first kappa shape index (κ1) is 30.6. The van der Waals surface area contributed by atoms with E-state index in [-0.39, 0.29) is 42.4 Å². The molecule has 2 aromatic carbocycles. The Morgan fingerprint density at radius 3 is 2.62 bits per heavy atom. The van der Waals surface area contributed by atoms with Gasteiger partial charge in [0, 0.05) is 48.9 Å². The van der Waals surface area contributed by atoms with Crippen LogP contribution in [-0.4, -0.2) is 84.1 Å². The highest BCUT2D eigenvalue weighted by atomic mass is 19.4. The minimum absolute atomic E-state index is 0.164. The second-order valence-corrected chi connectivity index (χ2v) is 11.9. The number of rotatable bonds is 7. The van der Waals surface area contributed by atoms with Crippen LogP contribution in [0.15, 0.2) is 49.1 Å². The zero-order valence-corrected chi connectivity index (χ0v) is 25.3. The lowest BCUT2D eigenvalue weighted by Gasteiger charge is -2.42. The molecule has 45 heavy (non-hydrogen) atoms. The van der Waals surface area contributed by atoms with Gasteiger partial charge in [-0.25, -0.2) is 0 Å². The van der Waals surface area contributed by atoms with Gasteiger partial charge in [-0.05, 0) is 56.4 Å². The van der Waals surface area contributed by atoms with E-state index in [2.05, 4.69) is 29.5 Å². The number of ether oxygens (including phenoxy) is 1. The summed E-state index contributed by atoms with van der Waals surface area (Å²) in [6.07, 6.45) is -0.450. The van der Waals surface area contributed by atoms with E-state index in [9.17, 15) is 23.2 Å². The molecule has 2 fully saturated rings. The maximum Gasteiger partial charge on any atom is 0.417 e. The lowest BCUT2D eigenvalue weighted by atomic mass is 9.98. The van der Waals surface area contributed by atoms with Crippen LogP contribution in [0, 0.1) is 11.3 Å². The first-order valence-corrected chi connectivity index (χ1v) is 15.3. The van der Waals surface area contributed by atoms with Crippen LogP contribution in [0.4, 0.5) is 24.7 Å². The standard InChI is InChI=1S/C33H36F3N7O2/c1-3-29(44)43-18-17-42(19-23(43)12-14-37)31-25-13-16-41(20-27(25)38-32(39-31)45-21-24-9-6-15-40(24)2)28-11-5-8-22-7-4-10-26(30(22)28)33(34,35)36/h3-5,7-8,10-11,23-24H,1,6,9,12-13,15-21H2,2H3/t23-,24-/m0/s1. The number of likely N-dealkylation sites (tertiary alicyclic amines) is 1. The van der Waals surface area contributed by atoms with Crippen molar-refractivity contribution in [1.29, 1.82) is 5.26 Å². The number of nitriles is 1. The molecule has 0 saturated carbocycles. The normalized spacial score (nSPS) is 20.6. The van der Waals surface area contributed by atoms with E-state index in [4.69, 9.17) is 14.7 Å². The zero-order valence-electron chi connectivity index (χ0n) is 25.3. The van der Waals surface area contributed by atoms with Crippen molar-refractivity contribution in [2.24, 2.45) is 0 Å². The van der Waals surface area contributed by atoms with Gasteiger partial charge in [-0.15, -0.1) is 0 Å². The SMILES string of the molecule is C=CC(=O)N1CCN(c2nc(OC[C@@H]3CCCN3C)nc3c2CCN(c2cccc4cccc(C(F)(F)F)c24)C3)C[C@@H]1CC#N. The predicted molar refractivity (Wildman–Crippen MR) is 165 cm³/mol. The maximum absolute atomic E-state index is 14.1. The molecule has 0 radical (unpaired) electrons. The number of carbonyl (C=O) groups is 1. The summed E-state index contributed by atoms with van der Waals surface area (Å²) in [4.78, 5) is 30.2. The second-order valence-electron chi connectivity index (χ2n) is 11.9. The largest absolute Gasteiger partial charge is 0.462 e. The van der Waals surface area contributed by atoms with E-state index in [1.807, 2.05) is 4.90 Å². The van der Waals surface area contributed by atoms with Gasteiger partial charge in [0.2, 0.25) is 5.91 Å². The topological polar surface area (TPSA) is 88.8 Å². The third-order valence-corrected chi connectivity index (χ3v) is 9.19. The highest BCUT2D eigenvalue weighted by Crippen LogP contribution is 2.41. The highest BCUT2D eigenvalue weighted by Gasteiger charge is 2.36. The Kier molecular flexibility index (Phi) is 8.55. The van der Waals surface area contributed by atoms with Crippen molar-refractivity contribution in [3.8, 4) is 12.1 Å². The third-order valence-electron chi connectivity index (χ3n) is 9.19. The molecule has 3 aliphatic rings. The van der Waals surface area contributed by atoms with Crippen LogP contribution >= 0.6 is 0 Å². The van der Waals surface area contributed by atoms with E-state index in [1.54, 1.807) is 29.2 Å². The summed E-state index contributed by atoms with van der Waals surface area (Å²) in [6, 6.07) is 11.8. The minimum Gasteiger partial charge on any atom is -0.462 e. The molecule has 0 spiro atoms. The Morgan fingerprint density at radius 1 is 1.11 bits per heavy atom. The summed E-state index contributed by atoms with van der Waals surface area (Å²) < 4.78 is 48.6. The van der Waals surface area contributed by atoms with Gasteiger partial charge >= 0.3 is 12.2 Å². The fourth-order valence-electron chi connectivity index (χ4n) is 6.84. The Labute approximate surface area is 260 Å². The summed E-state index contributed by atoms with van der Waals surface area (Å²) in [6.45, 7) is 7.10. The highest BCUT2D eigenvalue weighted by molar-refractivity contribution is 5.97. The van der Waals surface area contributed by atoms with Gasteiger partial charge in [0.25, 0.3) is 0 Å². The fourth-order valence-corrected chi connectivity index (χ4v) is 6.84. The number of piperazine rings is 1. The van der Waals surface area contributed by atoms with E-state index in [0.717, 1.165) is 31.0 Å². The molecule has 4 heterocycles. The molecular formula is C33H36F3N7O2. The van der Waals surface area contributed by atoms with E-state index in [1.165, 1.54) is 12.1 Å². The predicted octanol–water partition coefficient (Wildman–Crippen LogP) is 4.80. The number of halogens is 3. The van der Waals surface area contributed by atoms with Gasteiger partial charge in [-0.1, -0.05) is 30.8 Å². The van der Waals surface area contributed by atoms with Crippen LogP contribution in [0.1, 0.15) is 36.1 Å². The average molecular weight is 620 g/mol. The van der Waals surface area contributed by atoms with E-state index in [0.29, 0.717) is 61.8 Å². The van der Waals surface area contributed by atoms with Crippen molar-refractivity contribution in [1.82, 2.24) is 19.8 Å². The number of carbonyl (C=O) groups excluding carboxylic acids is 1. The summed E-state index contributed by atoms with van der Waals surface area (Å²) in [7, 11) is 2.07. The van der Waals surface area contributed by atoms with Crippen LogP contribution in [0.2, 0.25) is 0 Å². The Morgan fingerprint density at radius 2 is 1.91 bits per heavy atom. The van der Waals surface area contributed by atoms with E-state index < -0.39 is 11.7 Å². The molecule has 2 saturated heterocycles. The van der Waals surface area contributed by atoms with Crippen LogP contribution in [0.5, 0.6) is 6.01 Å². The molecule has 6 rings (SSSR count). The van der Waals surface area contributed by atoms with Crippen molar-refractivity contribution >= 4 is 28.2 Å². The van der Waals surface area contributed by atoms with Gasteiger partial charge in [0.1, 0.15) is 12.4 Å². The van der Waals surface area contributed by atoms with Gasteiger partial charge in [-0.3, -0.25) is 4.79 Å². The summed E-state index contributed by atoms with van der Waals surface area (Å²) in [5.41, 5.74) is 1.45. The van der Waals surface area contributed by atoms with Gasteiger partial charge in [0.05, 0.1) is 36.3 Å². The molecule has 236 valence electrons. The van der Waals surface area contributed by atoms with Crippen molar-refractivity contribution in [2.75, 3.05) is 56.2 Å². The summed E-state index contributed by atoms with van der Waals surface area (Å²) in [5, 5.41) is 10.2. The Hall–Kier alpha value is -4.37. The van der Waals surface area contributed by atoms with Crippen LogP contribution < -0.4 is 14.5 Å². The average Bonchev–Trinajstić information content (AvgIpc) is 3.46. The number of likely N-dealkylation sites (N-methyl/N-ethyl adjacent to an activating group) is 1. The third kappa shape index (κ3) is 6.14. The van der Waals surface area contributed by atoms with Crippen LogP contribution in [-0.2, 0) is 23.9 Å². The Balaban J connectivity index is 1.36. The number of hydrogen-bond donors (Lipinski definition) is 0. The molecule has 3 aromatic rings. The fraction of sp³-hybridized carbons (Fsp3) is 0.455. The number of hydrogen-bond acceptors (Lipinski definition) is 8. The number of nitrogens with zero attached hydrogens (tertiary/aromatic N) is 7. The quantitative estimate of drug-likeness (QED) is 0.349. The van der Waals surface area contributed by atoms with Gasteiger partial charge in [-0.2, -0.15) is 28.4 Å². The molecule has 0 aliphatic carbocycles. The lowest BCUT2D eigenvalue weighted by molar-refractivity contribution is -0.136. The first-order chi connectivity index (χ1) is 21.7. The van der Waals surface area contributed by atoms with Crippen LogP contribution in [0.3, 0.4) is 0 Å². The molecule has 0 unspecified atom stereocenters. The number of fused-ring (bicyclic) bond motifs is 2. The van der Waals surface area contributed by atoms with E-state index >= 15 is 0 Å². The second kappa shape index (κ2) is 12.6. The molecule has 12 heteroatoms. The minimum atomic E-state index is -4.50. The molecule has 3 aliphatic heterocycles. The van der Waals surface area contributed by atoms with Crippen molar-refractivity contribution in [3.05, 3.63) is 65.9 Å². The van der Waals surface area contributed by atoms with Crippen LogP contribution in [0.25, 0.3) is 10.8 Å². The zero-order chi connectivity index (χ0) is 31.7. The van der Waals surface area contributed by atoms with Gasteiger partial charge in [0.15, 0.2) is 0 Å². The smallest absolute Gasteiger partial charge is 0.417 e. The summed E-state index contributed by atoms with van der Waals surface area (Å²) in [5.74, 6) is 0.477. The van der Waals surface area contributed by atoms with Crippen molar-refractivity contribution in [2.45, 2.75) is 50.5 Å². The summed E-state index contributed by atoms with van der Waals surface area (Å²) >= 11 is 0. The lowest BCUT2D eigenvalue weighted by Crippen LogP contribution is -2.55. The molecule has 1 aromatic heterocycles. The number of anilines is 2. The van der Waals surface area contributed by atoms with Gasteiger partial charge < -0.3 is 24.3 Å². The molecule has 9 nitrogen and oxygen atoms in total. The maximum atomic E-state index is 14.1. The monoisotopic (exact) mass is 619 g/mol. The Bertz CT molecular complexity index is 1630. The molecule has 1 amide bonds.